The molecule has 3 nitrogen and oxygen atoms in total. The van der Waals surface area contributed by atoms with Gasteiger partial charge in [0, 0.05) is 16.3 Å². The summed E-state index contributed by atoms with van der Waals surface area (Å²) in [6.45, 7) is 2.02. The summed E-state index contributed by atoms with van der Waals surface area (Å²) in [6, 6.07) is 14.1. The number of aliphatic hydroxyl groups excluding tert-OH is 1. The summed E-state index contributed by atoms with van der Waals surface area (Å²) in [5.74, 6) is 0.811. The molecule has 18 heavy (non-hydrogen) atoms. The number of benzene rings is 2. The highest BCUT2D eigenvalue weighted by Gasteiger charge is 2.09. The van der Waals surface area contributed by atoms with E-state index >= 15 is 0 Å². The second kappa shape index (κ2) is 4.35. The van der Waals surface area contributed by atoms with Gasteiger partial charge in [0.2, 0.25) is 0 Å². The smallest absolute Gasteiger partial charge is 0.129 e. The molecule has 0 aliphatic rings. The molecule has 0 bridgehead atoms. The molecular formula is C15H15NO2. The third-order valence-corrected chi connectivity index (χ3v) is 2.97. The van der Waals surface area contributed by atoms with Gasteiger partial charge in [-0.15, -0.1) is 0 Å². The number of fused-ring (bicyclic) bond motifs is 3. The molecule has 92 valence electrons. The van der Waals surface area contributed by atoms with Crippen molar-refractivity contribution >= 4 is 21.8 Å². The van der Waals surface area contributed by atoms with Gasteiger partial charge in [-0.25, -0.2) is 0 Å². The molecule has 0 fully saturated rings. The van der Waals surface area contributed by atoms with Crippen molar-refractivity contribution in [3.8, 4) is 5.75 Å². The Hall–Kier alpha value is -2.00. The second-order valence-corrected chi connectivity index (χ2v) is 4.51. The molecule has 1 atom stereocenters. The van der Waals surface area contributed by atoms with Gasteiger partial charge in [0.05, 0.1) is 11.6 Å². The predicted molar refractivity (Wildman–Crippen MR) is 73.0 cm³/mol. The maximum absolute atomic E-state index is 9.32. The molecule has 1 unspecified atom stereocenters. The van der Waals surface area contributed by atoms with Crippen LogP contribution < -0.4 is 4.74 Å². The highest BCUT2D eigenvalue weighted by Crippen LogP contribution is 2.32. The van der Waals surface area contributed by atoms with Gasteiger partial charge in [0.1, 0.15) is 12.4 Å². The van der Waals surface area contributed by atoms with Crippen LogP contribution in [0.2, 0.25) is 0 Å². The lowest BCUT2D eigenvalue weighted by Crippen LogP contribution is -2.12. The first-order valence-corrected chi connectivity index (χ1v) is 6.06. The number of ether oxygens (including phenoxy) is 1. The fourth-order valence-corrected chi connectivity index (χ4v) is 2.20. The first-order chi connectivity index (χ1) is 8.75. The molecule has 0 aliphatic heterocycles. The van der Waals surface area contributed by atoms with E-state index < -0.39 is 6.10 Å². The lowest BCUT2D eigenvalue weighted by molar-refractivity contribution is 0.123. The number of nitrogens with one attached hydrogen (secondary N) is 1. The monoisotopic (exact) mass is 241 g/mol. The molecule has 2 N–H and O–H groups in total. The lowest BCUT2D eigenvalue weighted by Gasteiger charge is -2.09. The summed E-state index contributed by atoms with van der Waals surface area (Å²) < 4.78 is 5.68. The number of H-pyrrole nitrogens is 1. The van der Waals surface area contributed by atoms with Crippen LogP contribution in [-0.2, 0) is 0 Å². The van der Waals surface area contributed by atoms with Crippen LogP contribution in [0.5, 0.6) is 5.75 Å². The summed E-state index contributed by atoms with van der Waals surface area (Å²) in [6.07, 6.45) is -0.467. The molecule has 1 aromatic heterocycles. The van der Waals surface area contributed by atoms with E-state index in [-0.39, 0.29) is 0 Å². The quantitative estimate of drug-likeness (QED) is 0.740. The standard InChI is InChI=1S/C15H15NO2/c1-10(17)9-18-14-8-4-7-13-15(14)11-5-2-3-6-12(11)16-13/h2-8,10,16-17H,9H2,1H3. The SMILES string of the molecule is CC(O)COc1cccc2[nH]c3ccccc3c12. The van der Waals surface area contributed by atoms with Gasteiger partial charge in [-0.2, -0.15) is 0 Å². The third-order valence-electron chi connectivity index (χ3n) is 2.97. The zero-order valence-corrected chi connectivity index (χ0v) is 10.2. The normalized spacial score (nSPS) is 13.0. The Balaban J connectivity index is 2.18. The van der Waals surface area contributed by atoms with Crippen LogP contribution in [0.1, 0.15) is 6.92 Å². The van der Waals surface area contributed by atoms with Gasteiger partial charge in [0.15, 0.2) is 0 Å². The van der Waals surface area contributed by atoms with E-state index in [0.29, 0.717) is 6.61 Å². The van der Waals surface area contributed by atoms with Crippen molar-refractivity contribution in [2.45, 2.75) is 13.0 Å². The summed E-state index contributed by atoms with van der Waals surface area (Å²) in [7, 11) is 0. The molecule has 3 rings (SSSR count). The minimum atomic E-state index is -0.467. The Labute approximate surface area is 105 Å². The van der Waals surface area contributed by atoms with Crippen LogP contribution in [0.3, 0.4) is 0 Å². The van der Waals surface area contributed by atoms with Crippen molar-refractivity contribution in [3.05, 3.63) is 42.5 Å². The maximum atomic E-state index is 9.32. The van der Waals surface area contributed by atoms with Gasteiger partial charge < -0.3 is 14.8 Å². The van der Waals surface area contributed by atoms with E-state index in [1.165, 1.54) is 0 Å². The van der Waals surface area contributed by atoms with Crippen molar-refractivity contribution in [3.63, 3.8) is 0 Å². The van der Waals surface area contributed by atoms with E-state index in [1.54, 1.807) is 6.92 Å². The average molecular weight is 241 g/mol. The number of aliphatic hydroxyl groups is 1. The van der Waals surface area contributed by atoms with Crippen molar-refractivity contribution in [1.82, 2.24) is 4.98 Å². The third kappa shape index (κ3) is 1.83. The van der Waals surface area contributed by atoms with Crippen molar-refractivity contribution < 1.29 is 9.84 Å². The van der Waals surface area contributed by atoms with E-state index in [9.17, 15) is 5.11 Å². The largest absolute Gasteiger partial charge is 0.490 e. The second-order valence-electron chi connectivity index (χ2n) is 4.51. The Morgan fingerprint density at radius 2 is 1.89 bits per heavy atom. The highest BCUT2D eigenvalue weighted by atomic mass is 16.5. The Kier molecular flexibility index (Phi) is 2.68. The lowest BCUT2D eigenvalue weighted by atomic mass is 10.1. The summed E-state index contributed by atoms with van der Waals surface area (Å²) in [5, 5.41) is 11.5. The fraction of sp³-hybridized carbons (Fsp3) is 0.200. The number of hydrogen-bond acceptors (Lipinski definition) is 2. The van der Waals surface area contributed by atoms with Gasteiger partial charge in [-0.05, 0) is 25.1 Å². The Morgan fingerprint density at radius 1 is 1.11 bits per heavy atom. The molecule has 0 spiro atoms. The van der Waals surface area contributed by atoms with E-state index in [2.05, 4.69) is 11.1 Å². The molecule has 3 aromatic rings. The first-order valence-electron chi connectivity index (χ1n) is 6.06. The van der Waals surface area contributed by atoms with Crippen LogP contribution in [0, 0.1) is 0 Å². The van der Waals surface area contributed by atoms with Crippen LogP contribution in [0.25, 0.3) is 21.8 Å². The molecule has 1 heterocycles. The molecule has 2 aromatic carbocycles. The van der Waals surface area contributed by atoms with Crippen LogP contribution in [-0.4, -0.2) is 22.8 Å². The van der Waals surface area contributed by atoms with E-state index in [0.717, 1.165) is 27.6 Å². The Morgan fingerprint density at radius 3 is 2.72 bits per heavy atom. The minimum absolute atomic E-state index is 0.304. The van der Waals surface area contributed by atoms with Crippen molar-refractivity contribution in [2.75, 3.05) is 6.61 Å². The van der Waals surface area contributed by atoms with Crippen molar-refractivity contribution in [2.24, 2.45) is 0 Å². The van der Waals surface area contributed by atoms with Gasteiger partial charge in [0.25, 0.3) is 0 Å². The summed E-state index contributed by atoms with van der Waals surface area (Å²) in [4.78, 5) is 3.36. The molecule has 3 heteroatoms. The fourth-order valence-electron chi connectivity index (χ4n) is 2.20. The topological polar surface area (TPSA) is 45.2 Å². The number of aromatic nitrogens is 1. The summed E-state index contributed by atoms with van der Waals surface area (Å²) >= 11 is 0. The highest BCUT2D eigenvalue weighted by molar-refractivity contribution is 6.10. The van der Waals surface area contributed by atoms with Gasteiger partial charge >= 0.3 is 0 Å². The minimum Gasteiger partial charge on any atom is -0.490 e. The first kappa shape index (κ1) is 11.1. The number of aromatic amines is 1. The molecular weight excluding hydrogens is 226 g/mol. The molecule has 0 radical (unpaired) electrons. The summed E-state index contributed by atoms with van der Waals surface area (Å²) in [5.41, 5.74) is 2.15. The molecule has 0 saturated carbocycles. The van der Waals surface area contributed by atoms with E-state index in [1.807, 2.05) is 36.4 Å². The van der Waals surface area contributed by atoms with Crippen LogP contribution >= 0.6 is 0 Å². The number of hydrogen-bond donors (Lipinski definition) is 2. The molecule has 0 amide bonds. The van der Waals surface area contributed by atoms with Crippen LogP contribution in [0.15, 0.2) is 42.5 Å². The predicted octanol–water partition coefficient (Wildman–Crippen LogP) is 3.08. The maximum Gasteiger partial charge on any atom is 0.129 e. The van der Waals surface area contributed by atoms with Gasteiger partial charge in [-0.3, -0.25) is 0 Å². The zero-order chi connectivity index (χ0) is 12.5. The van der Waals surface area contributed by atoms with Crippen molar-refractivity contribution in [1.29, 1.82) is 0 Å². The molecule has 0 aliphatic carbocycles. The Bertz CT molecular complexity index is 685. The zero-order valence-electron chi connectivity index (χ0n) is 10.2. The van der Waals surface area contributed by atoms with Gasteiger partial charge in [-0.1, -0.05) is 24.3 Å². The van der Waals surface area contributed by atoms with E-state index in [4.69, 9.17) is 4.74 Å². The number of rotatable bonds is 3. The van der Waals surface area contributed by atoms with Crippen LogP contribution in [0.4, 0.5) is 0 Å². The number of para-hydroxylation sites is 1. The molecule has 0 saturated heterocycles. The average Bonchev–Trinajstić information content (AvgIpc) is 2.75.